The first-order chi connectivity index (χ1) is 11.6. The summed E-state index contributed by atoms with van der Waals surface area (Å²) < 4.78 is 2.18. The number of fused-ring (bicyclic) bond motifs is 1. The number of benzene rings is 1. The van der Waals surface area contributed by atoms with Crippen molar-refractivity contribution in [1.29, 1.82) is 0 Å². The highest BCUT2D eigenvalue weighted by Crippen LogP contribution is 2.20. The number of nitrogens with one attached hydrogen (secondary N) is 3. The highest BCUT2D eigenvalue weighted by Gasteiger charge is 2.20. The maximum atomic E-state index is 11.5. The number of aromatic nitrogens is 2. The number of quaternary nitrogens is 2. The lowest BCUT2D eigenvalue weighted by atomic mass is 10.2. The zero-order chi connectivity index (χ0) is 17.1. The Morgan fingerprint density at radius 1 is 1.29 bits per heavy atom. The predicted molar refractivity (Wildman–Crippen MR) is 95.5 cm³/mol. The minimum atomic E-state index is 0.0336. The highest BCUT2D eigenvalue weighted by molar-refractivity contribution is 5.92. The topological polar surface area (TPSA) is 55.8 Å². The summed E-state index contributed by atoms with van der Waals surface area (Å²) in [6.45, 7) is 8.03. The Kier molecular flexibility index (Phi) is 5.16. The average Bonchev–Trinajstić information content (AvgIpc) is 2.90. The molecule has 24 heavy (non-hydrogen) atoms. The van der Waals surface area contributed by atoms with Crippen LogP contribution in [0.2, 0.25) is 0 Å². The molecule has 0 atom stereocenters. The van der Waals surface area contributed by atoms with Crippen molar-refractivity contribution in [2.45, 2.75) is 19.8 Å². The van der Waals surface area contributed by atoms with Crippen LogP contribution in [0, 0.1) is 0 Å². The van der Waals surface area contributed by atoms with Crippen molar-refractivity contribution < 1.29 is 14.6 Å². The fourth-order valence-electron chi connectivity index (χ4n) is 3.37. The van der Waals surface area contributed by atoms with E-state index < -0.39 is 0 Å². The molecular formula is C18H29N5O+2. The second-order valence-electron chi connectivity index (χ2n) is 6.90. The summed E-state index contributed by atoms with van der Waals surface area (Å²) in [6, 6.07) is 5.97. The molecule has 0 unspecified atom stereocenters. The van der Waals surface area contributed by atoms with Gasteiger partial charge in [-0.2, -0.15) is 0 Å². The van der Waals surface area contributed by atoms with Gasteiger partial charge in [0.15, 0.2) is 0 Å². The molecule has 0 bridgehead atoms. The molecule has 1 fully saturated rings. The molecule has 1 aromatic heterocycles. The number of imidazole rings is 1. The first-order valence-electron chi connectivity index (χ1n) is 8.97. The van der Waals surface area contributed by atoms with Gasteiger partial charge in [0.25, 0.3) is 0 Å². The molecule has 6 nitrogen and oxygen atoms in total. The van der Waals surface area contributed by atoms with Gasteiger partial charge < -0.3 is 19.7 Å². The van der Waals surface area contributed by atoms with Gasteiger partial charge in [-0.3, -0.25) is 4.79 Å². The Labute approximate surface area is 143 Å². The maximum Gasteiger partial charge on any atom is 0.224 e. The standard InChI is InChI=1S/C18H27N5O/c1-4-18(24)19-14-5-6-16-15(13-14)20-17(22(16)3)7-8-23-11-9-21(2)10-12-23/h5-6,13H,4,7-12H2,1-3H3,(H,19,24)/p+2. The van der Waals surface area contributed by atoms with E-state index in [0.717, 1.165) is 35.5 Å². The summed E-state index contributed by atoms with van der Waals surface area (Å²) in [7, 11) is 4.36. The van der Waals surface area contributed by atoms with Crippen LogP contribution in [0.15, 0.2) is 18.2 Å². The summed E-state index contributed by atoms with van der Waals surface area (Å²) in [6.07, 6.45) is 1.48. The van der Waals surface area contributed by atoms with E-state index in [1.54, 1.807) is 9.80 Å². The van der Waals surface area contributed by atoms with Gasteiger partial charge in [0.05, 0.1) is 31.0 Å². The molecular weight excluding hydrogens is 302 g/mol. The lowest BCUT2D eigenvalue weighted by Crippen LogP contribution is -3.27. The quantitative estimate of drug-likeness (QED) is 0.650. The fourth-order valence-corrected chi connectivity index (χ4v) is 3.37. The van der Waals surface area contributed by atoms with E-state index in [9.17, 15) is 4.79 Å². The summed E-state index contributed by atoms with van der Waals surface area (Å²) in [5.41, 5.74) is 2.91. The van der Waals surface area contributed by atoms with E-state index in [2.05, 4.69) is 24.0 Å². The Bertz CT molecular complexity index is 716. The number of aryl methyl sites for hydroxylation is 1. The molecule has 1 saturated heterocycles. The van der Waals surface area contributed by atoms with Gasteiger partial charge in [-0.15, -0.1) is 0 Å². The predicted octanol–water partition coefficient (Wildman–Crippen LogP) is -1.12. The van der Waals surface area contributed by atoms with Crippen molar-refractivity contribution in [3.8, 4) is 0 Å². The van der Waals surface area contributed by atoms with E-state index in [4.69, 9.17) is 4.98 Å². The molecule has 2 aromatic rings. The number of rotatable bonds is 5. The molecule has 1 amide bonds. The van der Waals surface area contributed by atoms with E-state index in [1.165, 1.54) is 26.2 Å². The molecule has 3 rings (SSSR count). The second kappa shape index (κ2) is 7.32. The van der Waals surface area contributed by atoms with Crippen LogP contribution in [0.1, 0.15) is 19.2 Å². The van der Waals surface area contributed by atoms with Crippen LogP contribution >= 0.6 is 0 Å². The molecule has 3 N–H and O–H groups in total. The lowest BCUT2D eigenvalue weighted by molar-refractivity contribution is -1.00. The van der Waals surface area contributed by atoms with Crippen molar-refractivity contribution in [1.82, 2.24) is 9.55 Å². The molecule has 130 valence electrons. The van der Waals surface area contributed by atoms with Crippen LogP contribution in [0.3, 0.4) is 0 Å². The minimum absolute atomic E-state index is 0.0336. The van der Waals surface area contributed by atoms with Gasteiger partial charge in [0.2, 0.25) is 5.91 Å². The SMILES string of the molecule is CCC(=O)Nc1ccc2c(c1)nc(CC[NH+]1CC[NH+](C)CC1)n2C. The number of hydrogen-bond donors (Lipinski definition) is 3. The Morgan fingerprint density at radius 2 is 2.04 bits per heavy atom. The average molecular weight is 331 g/mol. The molecule has 2 heterocycles. The molecule has 1 aromatic carbocycles. The van der Waals surface area contributed by atoms with Crippen LogP contribution < -0.4 is 15.1 Å². The third kappa shape index (κ3) is 3.76. The first-order valence-corrected chi connectivity index (χ1v) is 8.97. The number of piperazine rings is 1. The van der Waals surface area contributed by atoms with Crippen molar-refractivity contribution in [2.75, 3.05) is 45.1 Å². The largest absolute Gasteiger partial charge is 0.331 e. The van der Waals surface area contributed by atoms with Gasteiger partial charge in [-0.05, 0) is 18.2 Å². The van der Waals surface area contributed by atoms with Gasteiger partial charge >= 0.3 is 0 Å². The second-order valence-corrected chi connectivity index (χ2v) is 6.90. The molecule has 0 aliphatic carbocycles. The van der Waals surface area contributed by atoms with Crippen LogP contribution in [0.5, 0.6) is 0 Å². The zero-order valence-electron chi connectivity index (χ0n) is 15.0. The molecule has 0 radical (unpaired) electrons. The third-order valence-electron chi connectivity index (χ3n) is 5.09. The number of carbonyl (C=O) groups excluding carboxylic acids is 1. The molecule has 0 spiro atoms. The van der Waals surface area contributed by atoms with Gasteiger partial charge in [-0.25, -0.2) is 4.98 Å². The highest BCUT2D eigenvalue weighted by atomic mass is 16.1. The Hall–Kier alpha value is -1.92. The fraction of sp³-hybridized carbons (Fsp3) is 0.556. The minimum Gasteiger partial charge on any atom is -0.331 e. The van der Waals surface area contributed by atoms with Crippen LogP contribution in [0.4, 0.5) is 5.69 Å². The van der Waals surface area contributed by atoms with Crippen LogP contribution in [-0.2, 0) is 18.3 Å². The van der Waals surface area contributed by atoms with Crippen molar-refractivity contribution in [3.05, 3.63) is 24.0 Å². The van der Waals surface area contributed by atoms with E-state index >= 15 is 0 Å². The molecule has 1 aliphatic heterocycles. The number of hydrogen-bond acceptors (Lipinski definition) is 2. The zero-order valence-corrected chi connectivity index (χ0v) is 15.0. The molecule has 6 heteroatoms. The van der Waals surface area contributed by atoms with E-state index in [0.29, 0.717) is 6.42 Å². The summed E-state index contributed by atoms with van der Waals surface area (Å²) in [5, 5.41) is 2.91. The number of carbonyl (C=O) groups is 1. The normalized spacial score (nSPS) is 21.1. The lowest BCUT2D eigenvalue weighted by Gasteiger charge is -2.27. The smallest absolute Gasteiger partial charge is 0.224 e. The van der Waals surface area contributed by atoms with Gasteiger partial charge in [0.1, 0.15) is 32.0 Å². The first kappa shape index (κ1) is 16.9. The number of nitrogens with zero attached hydrogens (tertiary/aromatic N) is 2. The monoisotopic (exact) mass is 331 g/mol. The summed E-state index contributed by atoms with van der Waals surface area (Å²) >= 11 is 0. The maximum absolute atomic E-state index is 11.5. The van der Waals surface area contributed by atoms with E-state index in [-0.39, 0.29) is 5.91 Å². The van der Waals surface area contributed by atoms with Gasteiger partial charge in [0, 0.05) is 19.2 Å². The van der Waals surface area contributed by atoms with Crippen LogP contribution in [-0.4, -0.2) is 55.2 Å². The number of amides is 1. The molecule has 1 aliphatic rings. The summed E-state index contributed by atoms with van der Waals surface area (Å²) in [5.74, 6) is 1.16. The summed E-state index contributed by atoms with van der Waals surface area (Å²) in [4.78, 5) is 19.7. The third-order valence-corrected chi connectivity index (χ3v) is 5.09. The van der Waals surface area contributed by atoms with Crippen molar-refractivity contribution in [3.63, 3.8) is 0 Å². The van der Waals surface area contributed by atoms with Crippen molar-refractivity contribution >= 4 is 22.6 Å². The van der Waals surface area contributed by atoms with E-state index in [1.807, 2.05) is 25.1 Å². The van der Waals surface area contributed by atoms with Gasteiger partial charge in [-0.1, -0.05) is 6.92 Å². The Balaban J connectivity index is 1.69. The van der Waals surface area contributed by atoms with Crippen LogP contribution in [0.25, 0.3) is 11.0 Å². The number of likely N-dealkylation sites (N-methyl/N-ethyl adjacent to an activating group) is 1. The number of anilines is 1. The van der Waals surface area contributed by atoms with Crippen molar-refractivity contribution in [2.24, 2.45) is 7.05 Å². The molecule has 0 saturated carbocycles. The Morgan fingerprint density at radius 3 is 2.75 bits per heavy atom.